The van der Waals surface area contributed by atoms with Crippen molar-refractivity contribution in [1.82, 2.24) is 9.55 Å². The fourth-order valence-corrected chi connectivity index (χ4v) is 3.40. The van der Waals surface area contributed by atoms with Crippen LogP contribution in [0.1, 0.15) is 64.6 Å². The maximum Gasteiger partial charge on any atom is 0.203 e. The van der Waals surface area contributed by atoms with Crippen molar-refractivity contribution in [3.05, 3.63) is 11.9 Å². The van der Waals surface area contributed by atoms with Crippen molar-refractivity contribution < 1.29 is 0 Å². The lowest BCUT2D eigenvalue weighted by Crippen LogP contribution is -2.27. The Morgan fingerprint density at radius 3 is 2.79 bits per heavy atom. The molecule has 1 saturated carbocycles. The zero-order valence-corrected chi connectivity index (χ0v) is 12.9. The molecule has 2 rings (SSSR count). The highest BCUT2D eigenvalue weighted by Gasteiger charge is 2.30. The molecular weight excluding hydrogens is 234 g/mol. The fourth-order valence-electron chi connectivity index (χ4n) is 3.40. The Morgan fingerprint density at radius 2 is 2.11 bits per heavy atom. The molecule has 0 amide bonds. The Bertz CT molecular complexity index is 395. The van der Waals surface area contributed by atoms with Crippen LogP contribution in [0, 0.1) is 18.8 Å². The Hall–Kier alpha value is -0.990. The standard InChI is InChI=1S/C16H29N3/c1-5-10-17-16-18-13(4)11-19(16)15-9-7-6-8-14(15)12(2)3/h11-12,14-15H,5-10H2,1-4H3,(H,17,18). The first kappa shape index (κ1) is 14.4. The highest BCUT2D eigenvalue weighted by atomic mass is 15.2. The lowest BCUT2D eigenvalue weighted by atomic mass is 9.77. The number of hydrogen-bond acceptors (Lipinski definition) is 2. The molecule has 19 heavy (non-hydrogen) atoms. The first-order valence-electron chi connectivity index (χ1n) is 7.92. The molecule has 0 aliphatic heterocycles. The summed E-state index contributed by atoms with van der Waals surface area (Å²) in [5, 5.41) is 3.49. The van der Waals surface area contributed by atoms with Crippen LogP contribution < -0.4 is 5.32 Å². The summed E-state index contributed by atoms with van der Waals surface area (Å²) in [6.07, 6.45) is 8.81. The van der Waals surface area contributed by atoms with E-state index >= 15 is 0 Å². The van der Waals surface area contributed by atoms with E-state index in [1.807, 2.05) is 0 Å². The summed E-state index contributed by atoms with van der Waals surface area (Å²) in [4.78, 5) is 4.67. The molecular formula is C16H29N3. The summed E-state index contributed by atoms with van der Waals surface area (Å²) in [7, 11) is 0. The number of nitrogens with one attached hydrogen (secondary N) is 1. The predicted octanol–water partition coefficient (Wildman–Crippen LogP) is 4.40. The molecule has 1 aromatic rings. The molecule has 1 N–H and O–H groups in total. The van der Waals surface area contributed by atoms with Gasteiger partial charge in [-0.3, -0.25) is 0 Å². The summed E-state index contributed by atoms with van der Waals surface area (Å²) in [6, 6.07) is 0.634. The van der Waals surface area contributed by atoms with Gasteiger partial charge in [0.05, 0.1) is 5.69 Å². The van der Waals surface area contributed by atoms with Gasteiger partial charge in [0.1, 0.15) is 0 Å². The number of imidazole rings is 1. The average molecular weight is 263 g/mol. The van der Waals surface area contributed by atoms with Gasteiger partial charge in [-0.25, -0.2) is 4.98 Å². The zero-order valence-electron chi connectivity index (χ0n) is 12.9. The van der Waals surface area contributed by atoms with Crippen LogP contribution in [0.4, 0.5) is 5.95 Å². The maximum atomic E-state index is 4.67. The van der Waals surface area contributed by atoms with Crippen LogP contribution in [-0.2, 0) is 0 Å². The average Bonchev–Trinajstić information content (AvgIpc) is 2.77. The van der Waals surface area contributed by atoms with E-state index in [9.17, 15) is 0 Å². The lowest BCUT2D eigenvalue weighted by Gasteiger charge is -2.36. The molecule has 3 nitrogen and oxygen atoms in total. The van der Waals surface area contributed by atoms with E-state index in [1.165, 1.54) is 25.7 Å². The smallest absolute Gasteiger partial charge is 0.203 e. The van der Waals surface area contributed by atoms with Crippen molar-refractivity contribution in [3.63, 3.8) is 0 Å². The molecule has 0 saturated heterocycles. The van der Waals surface area contributed by atoms with Crippen LogP contribution in [-0.4, -0.2) is 16.1 Å². The first-order chi connectivity index (χ1) is 9.13. The Labute approximate surface area is 117 Å². The van der Waals surface area contributed by atoms with Gasteiger partial charge in [0.25, 0.3) is 0 Å². The number of hydrogen-bond donors (Lipinski definition) is 1. The van der Waals surface area contributed by atoms with Crippen molar-refractivity contribution in [3.8, 4) is 0 Å². The van der Waals surface area contributed by atoms with Gasteiger partial charge in [0.2, 0.25) is 5.95 Å². The highest BCUT2D eigenvalue weighted by molar-refractivity contribution is 5.29. The summed E-state index contributed by atoms with van der Waals surface area (Å²) in [5.41, 5.74) is 1.13. The number of aryl methyl sites for hydroxylation is 1. The molecule has 108 valence electrons. The second-order valence-corrected chi connectivity index (χ2v) is 6.30. The van der Waals surface area contributed by atoms with Gasteiger partial charge in [0.15, 0.2) is 0 Å². The van der Waals surface area contributed by atoms with Crippen LogP contribution >= 0.6 is 0 Å². The minimum atomic E-state index is 0.634. The Balaban J connectivity index is 2.22. The first-order valence-corrected chi connectivity index (χ1v) is 7.92. The zero-order chi connectivity index (χ0) is 13.8. The molecule has 0 aromatic carbocycles. The SMILES string of the molecule is CCCNc1nc(C)cn1C1CCCCC1C(C)C. The minimum Gasteiger partial charge on any atom is -0.356 e. The van der Waals surface area contributed by atoms with E-state index in [2.05, 4.69) is 48.8 Å². The summed E-state index contributed by atoms with van der Waals surface area (Å²) in [6.45, 7) is 10.0. The van der Waals surface area contributed by atoms with Gasteiger partial charge < -0.3 is 9.88 Å². The number of nitrogens with zero attached hydrogens (tertiary/aromatic N) is 2. The van der Waals surface area contributed by atoms with Gasteiger partial charge in [0, 0.05) is 18.8 Å². The van der Waals surface area contributed by atoms with Gasteiger partial charge in [-0.1, -0.05) is 33.6 Å². The quantitative estimate of drug-likeness (QED) is 0.853. The molecule has 2 atom stereocenters. The van der Waals surface area contributed by atoms with E-state index in [0.29, 0.717) is 6.04 Å². The van der Waals surface area contributed by atoms with E-state index in [4.69, 9.17) is 0 Å². The molecule has 0 radical (unpaired) electrons. The van der Waals surface area contributed by atoms with Crippen molar-refractivity contribution >= 4 is 5.95 Å². The van der Waals surface area contributed by atoms with Gasteiger partial charge in [-0.2, -0.15) is 0 Å². The molecule has 3 heteroatoms. The third-order valence-corrected chi connectivity index (χ3v) is 4.38. The number of rotatable bonds is 5. The fraction of sp³-hybridized carbons (Fsp3) is 0.812. The minimum absolute atomic E-state index is 0.634. The summed E-state index contributed by atoms with van der Waals surface area (Å²) in [5.74, 6) is 2.63. The Morgan fingerprint density at radius 1 is 1.37 bits per heavy atom. The van der Waals surface area contributed by atoms with Crippen LogP contribution in [0.5, 0.6) is 0 Å². The van der Waals surface area contributed by atoms with Crippen molar-refractivity contribution in [2.45, 2.75) is 65.8 Å². The lowest BCUT2D eigenvalue weighted by molar-refractivity contribution is 0.186. The van der Waals surface area contributed by atoms with Crippen LogP contribution in [0.3, 0.4) is 0 Å². The van der Waals surface area contributed by atoms with Gasteiger partial charge >= 0.3 is 0 Å². The van der Waals surface area contributed by atoms with E-state index < -0.39 is 0 Å². The molecule has 0 bridgehead atoms. The van der Waals surface area contributed by atoms with Gasteiger partial charge in [-0.15, -0.1) is 0 Å². The van der Waals surface area contributed by atoms with Crippen molar-refractivity contribution in [2.75, 3.05) is 11.9 Å². The summed E-state index contributed by atoms with van der Waals surface area (Å²) >= 11 is 0. The van der Waals surface area contributed by atoms with Crippen molar-refractivity contribution in [2.24, 2.45) is 11.8 Å². The highest BCUT2D eigenvalue weighted by Crippen LogP contribution is 2.39. The maximum absolute atomic E-state index is 4.67. The van der Waals surface area contributed by atoms with E-state index in [1.54, 1.807) is 0 Å². The van der Waals surface area contributed by atoms with Crippen molar-refractivity contribution in [1.29, 1.82) is 0 Å². The van der Waals surface area contributed by atoms with Crippen LogP contribution in [0.15, 0.2) is 6.20 Å². The van der Waals surface area contributed by atoms with Crippen LogP contribution in [0.25, 0.3) is 0 Å². The molecule has 0 spiro atoms. The normalized spacial score (nSPS) is 23.8. The molecule has 1 aliphatic rings. The summed E-state index contributed by atoms with van der Waals surface area (Å²) < 4.78 is 2.43. The largest absolute Gasteiger partial charge is 0.356 e. The number of anilines is 1. The number of aromatic nitrogens is 2. The molecule has 1 heterocycles. The van der Waals surface area contributed by atoms with Gasteiger partial charge in [-0.05, 0) is 38.0 Å². The third kappa shape index (κ3) is 3.31. The molecule has 2 unspecified atom stereocenters. The third-order valence-electron chi connectivity index (χ3n) is 4.38. The topological polar surface area (TPSA) is 29.9 Å². The second kappa shape index (κ2) is 6.44. The predicted molar refractivity (Wildman–Crippen MR) is 81.6 cm³/mol. The van der Waals surface area contributed by atoms with E-state index in [-0.39, 0.29) is 0 Å². The monoisotopic (exact) mass is 263 g/mol. The Kier molecular flexibility index (Phi) is 4.89. The second-order valence-electron chi connectivity index (χ2n) is 6.30. The molecule has 1 fully saturated rings. The molecule has 1 aliphatic carbocycles. The molecule has 1 aromatic heterocycles. The van der Waals surface area contributed by atoms with Crippen LogP contribution in [0.2, 0.25) is 0 Å². The van der Waals surface area contributed by atoms with E-state index in [0.717, 1.165) is 36.4 Å².